The fraction of sp³-hybridized carbons (Fsp3) is 0.333. The smallest absolute Gasteiger partial charge is 0.0570 e. The predicted octanol–water partition coefficient (Wildman–Crippen LogP) is 2.39. The van der Waals surface area contributed by atoms with Crippen molar-refractivity contribution < 1.29 is 9.84 Å². The quantitative estimate of drug-likeness (QED) is 0.874. The van der Waals surface area contributed by atoms with Gasteiger partial charge in [-0.15, -0.1) is 0 Å². The van der Waals surface area contributed by atoms with E-state index in [1.54, 1.807) is 0 Å². The molecule has 2 aromatic carbocycles. The van der Waals surface area contributed by atoms with Gasteiger partial charge < -0.3 is 9.84 Å². The second-order valence-electron chi connectivity index (χ2n) is 5.01. The van der Waals surface area contributed by atoms with Gasteiger partial charge in [-0.1, -0.05) is 42.5 Å². The van der Waals surface area contributed by atoms with Crippen LogP contribution >= 0.6 is 0 Å². The first-order chi connectivity index (χ1) is 8.31. The Hall–Kier alpha value is -1.38. The number of hydrogen-bond donors (Lipinski definition) is 1. The molecule has 1 aliphatic rings. The zero-order chi connectivity index (χ0) is 11.7. The third-order valence-corrected chi connectivity index (χ3v) is 3.54. The van der Waals surface area contributed by atoms with Crippen molar-refractivity contribution in [3.8, 4) is 0 Å². The standard InChI is InChI=1S/C15H16O2/c16-9-15(10-17-11-15)8-12-5-6-13-3-1-2-4-14(13)7-12/h1-7,16H,8-11H2. The highest BCUT2D eigenvalue weighted by Gasteiger charge is 2.37. The molecule has 1 saturated heterocycles. The fourth-order valence-corrected chi connectivity index (χ4v) is 2.42. The Kier molecular flexibility index (Phi) is 2.61. The van der Waals surface area contributed by atoms with E-state index in [1.165, 1.54) is 16.3 Å². The summed E-state index contributed by atoms with van der Waals surface area (Å²) in [4.78, 5) is 0. The summed E-state index contributed by atoms with van der Waals surface area (Å²) in [5.74, 6) is 0. The van der Waals surface area contributed by atoms with Gasteiger partial charge in [-0.05, 0) is 22.8 Å². The first kappa shape index (κ1) is 10.8. The molecule has 2 nitrogen and oxygen atoms in total. The van der Waals surface area contributed by atoms with Crippen LogP contribution in [0.4, 0.5) is 0 Å². The van der Waals surface area contributed by atoms with Gasteiger partial charge >= 0.3 is 0 Å². The normalized spacial score (nSPS) is 17.9. The van der Waals surface area contributed by atoms with Crippen molar-refractivity contribution in [3.63, 3.8) is 0 Å². The Balaban J connectivity index is 1.90. The molecule has 0 aliphatic carbocycles. The van der Waals surface area contributed by atoms with Gasteiger partial charge in [-0.3, -0.25) is 0 Å². The molecule has 2 aromatic rings. The summed E-state index contributed by atoms with van der Waals surface area (Å²) in [5, 5.41) is 12.0. The lowest BCUT2D eigenvalue weighted by atomic mass is 9.80. The molecule has 0 radical (unpaired) electrons. The van der Waals surface area contributed by atoms with E-state index in [2.05, 4.69) is 42.5 Å². The number of aliphatic hydroxyl groups excluding tert-OH is 1. The van der Waals surface area contributed by atoms with Crippen LogP contribution in [-0.2, 0) is 11.2 Å². The van der Waals surface area contributed by atoms with E-state index in [-0.39, 0.29) is 12.0 Å². The molecule has 0 spiro atoms. The van der Waals surface area contributed by atoms with Crippen molar-refractivity contribution in [1.82, 2.24) is 0 Å². The molecule has 0 saturated carbocycles. The highest BCUT2D eigenvalue weighted by atomic mass is 16.5. The zero-order valence-corrected chi connectivity index (χ0v) is 9.73. The highest BCUT2D eigenvalue weighted by molar-refractivity contribution is 5.83. The molecule has 0 unspecified atom stereocenters. The van der Waals surface area contributed by atoms with Crippen molar-refractivity contribution in [2.24, 2.45) is 5.41 Å². The van der Waals surface area contributed by atoms with E-state index in [0.717, 1.165) is 6.42 Å². The number of aliphatic hydroxyl groups is 1. The Morgan fingerprint density at radius 2 is 1.82 bits per heavy atom. The van der Waals surface area contributed by atoms with E-state index in [0.29, 0.717) is 13.2 Å². The van der Waals surface area contributed by atoms with Crippen molar-refractivity contribution in [2.45, 2.75) is 6.42 Å². The Bertz CT molecular complexity index is 524. The maximum Gasteiger partial charge on any atom is 0.0570 e. The van der Waals surface area contributed by atoms with Gasteiger partial charge in [0.25, 0.3) is 0 Å². The number of benzene rings is 2. The number of ether oxygens (including phenoxy) is 1. The second kappa shape index (κ2) is 4.13. The summed E-state index contributed by atoms with van der Waals surface area (Å²) in [6, 6.07) is 14.9. The fourth-order valence-electron chi connectivity index (χ4n) is 2.42. The molecule has 1 N–H and O–H groups in total. The minimum Gasteiger partial charge on any atom is -0.396 e. The number of rotatable bonds is 3. The summed E-state index contributed by atoms with van der Waals surface area (Å²) < 4.78 is 5.23. The Morgan fingerprint density at radius 1 is 1.06 bits per heavy atom. The summed E-state index contributed by atoms with van der Waals surface area (Å²) in [5.41, 5.74) is 1.24. The molecular weight excluding hydrogens is 212 g/mol. The van der Waals surface area contributed by atoms with Crippen LogP contribution in [0.5, 0.6) is 0 Å². The summed E-state index contributed by atoms with van der Waals surface area (Å²) in [7, 11) is 0. The van der Waals surface area contributed by atoms with E-state index in [1.807, 2.05) is 0 Å². The van der Waals surface area contributed by atoms with Crippen LogP contribution in [0.3, 0.4) is 0 Å². The molecule has 2 heteroatoms. The topological polar surface area (TPSA) is 29.5 Å². The molecule has 1 aliphatic heterocycles. The maximum atomic E-state index is 9.43. The number of fused-ring (bicyclic) bond motifs is 1. The van der Waals surface area contributed by atoms with Gasteiger partial charge in [-0.2, -0.15) is 0 Å². The molecule has 0 bridgehead atoms. The minimum absolute atomic E-state index is 0.0392. The molecule has 0 aromatic heterocycles. The van der Waals surface area contributed by atoms with E-state index in [4.69, 9.17) is 4.74 Å². The van der Waals surface area contributed by atoms with Crippen molar-refractivity contribution >= 4 is 10.8 Å². The van der Waals surface area contributed by atoms with Gasteiger partial charge in [-0.25, -0.2) is 0 Å². The largest absolute Gasteiger partial charge is 0.396 e. The average Bonchev–Trinajstić information content (AvgIpc) is 2.34. The van der Waals surface area contributed by atoms with E-state index in [9.17, 15) is 5.11 Å². The van der Waals surface area contributed by atoms with Gasteiger partial charge in [0.2, 0.25) is 0 Å². The van der Waals surface area contributed by atoms with Crippen LogP contribution in [0.25, 0.3) is 10.8 Å². The third kappa shape index (κ3) is 1.94. The summed E-state index contributed by atoms with van der Waals surface area (Å²) in [6.45, 7) is 1.56. The van der Waals surface area contributed by atoms with Crippen LogP contribution in [0, 0.1) is 5.41 Å². The lowest BCUT2D eigenvalue weighted by Gasteiger charge is -2.40. The Morgan fingerprint density at radius 3 is 2.47 bits per heavy atom. The lowest BCUT2D eigenvalue weighted by molar-refractivity contribution is -0.135. The van der Waals surface area contributed by atoms with Crippen LogP contribution in [0.15, 0.2) is 42.5 Å². The highest BCUT2D eigenvalue weighted by Crippen LogP contribution is 2.31. The Labute approximate surface area is 101 Å². The monoisotopic (exact) mass is 228 g/mol. The SMILES string of the molecule is OCC1(Cc2ccc3ccccc3c2)COC1. The molecule has 17 heavy (non-hydrogen) atoms. The number of hydrogen-bond acceptors (Lipinski definition) is 2. The second-order valence-corrected chi connectivity index (χ2v) is 5.01. The molecule has 3 rings (SSSR count). The summed E-state index contributed by atoms with van der Waals surface area (Å²) >= 11 is 0. The predicted molar refractivity (Wildman–Crippen MR) is 68.0 cm³/mol. The van der Waals surface area contributed by atoms with Crippen molar-refractivity contribution in [1.29, 1.82) is 0 Å². The molecule has 0 atom stereocenters. The minimum atomic E-state index is -0.0392. The third-order valence-electron chi connectivity index (χ3n) is 3.54. The van der Waals surface area contributed by atoms with Crippen LogP contribution in [0.1, 0.15) is 5.56 Å². The van der Waals surface area contributed by atoms with E-state index < -0.39 is 0 Å². The lowest BCUT2D eigenvalue weighted by Crippen LogP contribution is -2.47. The average molecular weight is 228 g/mol. The molecule has 1 fully saturated rings. The molecule has 1 heterocycles. The van der Waals surface area contributed by atoms with Gasteiger partial charge in [0, 0.05) is 5.41 Å². The zero-order valence-electron chi connectivity index (χ0n) is 9.73. The van der Waals surface area contributed by atoms with Crippen LogP contribution < -0.4 is 0 Å². The van der Waals surface area contributed by atoms with Gasteiger partial charge in [0.1, 0.15) is 0 Å². The molecular formula is C15H16O2. The molecule has 88 valence electrons. The maximum absolute atomic E-state index is 9.43. The van der Waals surface area contributed by atoms with Crippen molar-refractivity contribution in [2.75, 3.05) is 19.8 Å². The first-order valence-electron chi connectivity index (χ1n) is 5.98. The van der Waals surface area contributed by atoms with Crippen LogP contribution in [-0.4, -0.2) is 24.9 Å². The summed E-state index contributed by atoms with van der Waals surface area (Å²) in [6.07, 6.45) is 0.897. The van der Waals surface area contributed by atoms with Gasteiger partial charge in [0.15, 0.2) is 0 Å². The van der Waals surface area contributed by atoms with Gasteiger partial charge in [0.05, 0.1) is 19.8 Å². The van der Waals surface area contributed by atoms with Crippen molar-refractivity contribution in [3.05, 3.63) is 48.0 Å². The first-order valence-corrected chi connectivity index (χ1v) is 5.98. The van der Waals surface area contributed by atoms with E-state index >= 15 is 0 Å². The van der Waals surface area contributed by atoms with Crippen LogP contribution in [0.2, 0.25) is 0 Å². The molecule has 0 amide bonds.